The summed E-state index contributed by atoms with van der Waals surface area (Å²) in [4.78, 5) is 18.7. The number of piperidine rings is 1. The Morgan fingerprint density at radius 3 is 2.50 bits per heavy atom. The Morgan fingerprint density at radius 1 is 1.36 bits per heavy atom. The van der Waals surface area contributed by atoms with Gasteiger partial charge in [-0.05, 0) is 38.8 Å². The van der Waals surface area contributed by atoms with Gasteiger partial charge in [0.25, 0.3) is 0 Å². The van der Waals surface area contributed by atoms with Crippen LogP contribution in [-0.2, 0) is 4.79 Å². The van der Waals surface area contributed by atoms with E-state index in [0.717, 1.165) is 31.7 Å². The smallest absolute Gasteiger partial charge is 0.227 e. The first-order chi connectivity index (χ1) is 9.53. The summed E-state index contributed by atoms with van der Waals surface area (Å²) in [5, 5.41) is 3.12. The summed E-state index contributed by atoms with van der Waals surface area (Å²) in [6, 6.07) is 6.19. The second-order valence-corrected chi connectivity index (χ2v) is 6.01. The number of hydrogen-bond acceptors (Lipinski definition) is 4. The number of rotatable bonds is 4. The van der Waals surface area contributed by atoms with Gasteiger partial charge in [0, 0.05) is 31.9 Å². The van der Waals surface area contributed by atoms with E-state index >= 15 is 0 Å². The van der Waals surface area contributed by atoms with Crippen LogP contribution in [0.5, 0.6) is 0 Å². The fraction of sp³-hybridized carbons (Fsp3) is 0.600. The molecule has 0 atom stereocenters. The molecule has 1 aliphatic rings. The molecular weight excluding hydrogens is 323 g/mol. The zero-order chi connectivity index (χ0) is 14.6. The summed E-state index contributed by atoms with van der Waals surface area (Å²) in [5.41, 5.74) is 5.15. The van der Waals surface area contributed by atoms with E-state index < -0.39 is 5.41 Å². The third-order valence-corrected chi connectivity index (χ3v) is 3.93. The summed E-state index contributed by atoms with van der Waals surface area (Å²) in [5.74, 6) is 1.07. The summed E-state index contributed by atoms with van der Waals surface area (Å²) in [6.07, 6.45) is 3.71. The Labute approximate surface area is 144 Å². The van der Waals surface area contributed by atoms with E-state index in [1.54, 1.807) is 0 Å². The second-order valence-electron chi connectivity index (χ2n) is 6.01. The predicted molar refractivity (Wildman–Crippen MR) is 94.9 cm³/mol. The van der Waals surface area contributed by atoms with E-state index in [4.69, 9.17) is 5.73 Å². The van der Waals surface area contributed by atoms with Gasteiger partial charge in [0.15, 0.2) is 0 Å². The fourth-order valence-corrected chi connectivity index (χ4v) is 2.27. The molecule has 126 valence electrons. The molecule has 0 aromatic carbocycles. The van der Waals surface area contributed by atoms with Gasteiger partial charge < -0.3 is 16.0 Å². The van der Waals surface area contributed by atoms with Crippen molar-refractivity contribution in [3.63, 3.8) is 0 Å². The number of nitrogens with two attached hydrogens (primary N) is 1. The Balaban J connectivity index is 0.00000220. The average molecular weight is 349 g/mol. The van der Waals surface area contributed by atoms with Gasteiger partial charge in [-0.2, -0.15) is 0 Å². The van der Waals surface area contributed by atoms with Gasteiger partial charge in [-0.15, -0.1) is 24.8 Å². The number of halogens is 2. The Morgan fingerprint density at radius 2 is 2.00 bits per heavy atom. The highest BCUT2D eigenvalue weighted by molar-refractivity contribution is 5.85. The minimum Gasteiger partial charge on any atom is -0.356 e. The standard InChI is InChI=1S/C15H24N4O.2ClH/c1-15(2,11-16)14(20)18-12-6-9-19(10-7-12)13-5-3-4-8-17-13;;/h3-5,8,12H,6-7,9-11,16H2,1-2H3,(H,18,20);2*1H. The number of nitrogens with one attached hydrogen (secondary N) is 1. The molecule has 0 radical (unpaired) electrons. The number of carbonyl (C=O) groups is 1. The van der Waals surface area contributed by atoms with Crippen molar-refractivity contribution in [1.82, 2.24) is 10.3 Å². The monoisotopic (exact) mass is 348 g/mol. The molecule has 0 saturated carbocycles. The molecule has 1 aliphatic heterocycles. The Bertz CT molecular complexity index is 448. The van der Waals surface area contributed by atoms with Crippen molar-refractivity contribution in [2.45, 2.75) is 32.7 Å². The van der Waals surface area contributed by atoms with Crippen molar-refractivity contribution in [2.24, 2.45) is 11.1 Å². The zero-order valence-electron chi connectivity index (χ0n) is 13.1. The molecular formula is C15H26Cl2N4O. The largest absolute Gasteiger partial charge is 0.356 e. The van der Waals surface area contributed by atoms with E-state index in [1.165, 1.54) is 0 Å². The van der Waals surface area contributed by atoms with Crippen LogP contribution in [-0.4, -0.2) is 36.6 Å². The van der Waals surface area contributed by atoms with Crippen molar-refractivity contribution in [1.29, 1.82) is 0 Å². The fourth-order valence-electron chi connectivity index (χ4n) is 2.27. The maximum Gasteiger partial charge on any atom is 0.227 e. The second kappa shape index (κ2) is 9.18. The maximum atomic E-state index is 12.1. The Kier molecular flexibility index (Phi) is 8.74. The summed E-state index contributed by atoms with van der Waals surface area (Å²) in [6.45, 7) is 5.97. The van der Waals surface area contributed by atoms with Crippen molar-refractivity contribution < 1.29 is 4.79 Å². The minimum atomic E-state index is -0.488. The third kappa shape index (κ3) is 5.30. The molecule has 0 bridgehead atoms. The zero-order valence-corrected chi connectivity index (χ0v) is 14.8. The minimum absolute atomic E-state index is 0. The highest BCUT2D eigenvalue weighted by atomic mass is 35.5. The normalized spacial score (nSPS) is 15.5. The van der Waals surface area contributed by atoms with Crippen molar-refractivity contribution in [2.75, 3.05) is 24.5 Å². The van der Waals surface area contributed by atoms with Gasteiger partial charge in [0.1, 0.15) is 5.82 Å². The van der Waals surface area contributed by atoms with Crippen LogP contribution in [0.2, 0.25) is 0 Å². The molecule has 7 heteroatoms. The van der Waals surface area contributed by atoms with Crippen molar-refractivity contribution >= 4 is 36.5 Å². The van der Waals surface area contributed by atoms with E-state index in [1.807, 2.05) is 38.2 Å². The van der Waals surface area contributed by atoms with E-state index in [2.05, 4.69) is 15.2 Å². The molecule has 0 aliphatic carbocycles. The van der Waals surface area contributed by atoms with Gasteiger partial charge in [0.2, 0.25) is 5.91 Å². The van der Waals surface area contributed by atoms with Crippen molar-refractivity contribution in [3.8, 4) is 0 Å². The van der Waals surface area contributed by atoms with Crippen molar-refractivity contribution in [3.05, 3.63) is 24.4 Å². The van der Waals surface area contributed by atoms with E-state index in [9.17, 15) is 4.79 Å². The molecule has 2 heterocycles. The number of carbonyl (C=O) groups excluding carboxylic acids is 1. The molecule has 22 heavy (non-hydrogen) atoms. The third-order valence-electron chi connectivity index (χ3n) is 3.93. The molecule has 3 N–H and O–H groups in total. The number of amides is 1. The van der Waals surface area contributed by atoms with Crippen LogP contribution in [0.1, 0.15) is 26.7 Å². The molecule has 0 spiro atoms. The molecule has 1 amide bonds. The number of aromatic nitrogens is 1. The van der Waals surface area contributed by atoms with Crippen LogP contribution in [0, 0.1) is 5.41 Å². The summed E-state index contributed by atoms with van der Waals surface area (Å²) < 4.78 is 0. The summed E-state index contributed by atoms with van der Waals surface area (Å²) >= 11 is 0. The lowest BCUT2D eigenvalue weighted by atomic mass is 9.91. The van der Waals surface area contributed by atoms with Crippen LogP contribution < -0.4 is 16.0 Å². The van der Waals surface area contributed by atoms with E-state index in [-0.39, 0.29) is 36.8 Å². The lowest BCUT2D eigenvalue weighted by Crippen LogP contribution is -2.50. The lowest BCUT2D eigenvalue weighted by Gasteiger charge is -2.34. The van der Waals surface area contributed by atoms with Gasteiger partial charge in [-0.1, -0.05) is 6.07 Å². The van der Waals surface area contributed by atoms with E-state index in [0.29, 0.717) is 6.54 Å². The SMILES string of the molecule is CC(C)(CN)C(=O)NC1CCN(c2ccccn2)CC1.Cl.Cl. The highest BCUT2D eigenvalue weighted by Gasteiger charge is 2.29. The van der Waals surface area contributed by atoms with Gasteiger partial charge in [-0.3, -0.25) is 4.79 Å². The first kappa shape index (κ1) is 21.0. The molecule has 2 rings (SSSR count). The number of anilines is 1. The highest BCUT2D eigenvalue weighted by Crippen LogP contribution is 2.19. The molecule has 0 unspecified atom stereocenters. The number of pyridine rings is 1. The lowest BCUT2D eigenvalue weighted by molar-refractivity contribution is -0.129. The summed E-state index contributed by atoms with van der Waals surface area (Å²) in [7, 11) is 0. The van der Waals surface area contributed by atoms with Gasteiger partial charge >= 0.3 is 0 Å². The van der Waals surface area contributed by atoms with Gasteiger partial charge in [0.05, 0.1) is 5.41 Å². The quantitative estimate of drug-likeness (QED) is 0.872. The Hall–Kier alpha value is -1.04. The number of nitrogens with zero attached hydrogens (tertiary/aromatic N) is 2. The molecule has 1 aromatic heterocycles. The van der Waals surface area contributed by atoms with Gasteiger partial charge in [-0.25, -0.2) is 4.98 Å². The van der Waals surface area contributed by atoms with Crippen LogP contribution >= 0.6 is 24.8 Å². The first-order valence-electron chi connectivity index (χ1n) is 7.20. The predicted octanol–water partition coefficient (Wildman–Crippen LogP) is 2.00. The molecule has 5 nitrogen and oxygen atoms in total. The van der Waals surface area contributed by atoms with Crippen LogP contribution in [0.25, 0.3) is 0 Å². The van der Waals surface area contributed by atoms with Crippen LogP contribution in [0.15, 0.2) is 24.4 Å². The number of hydrogen-bond donors (Lipinski definition) is 2. The molecule has 1 fully saturated rings. The molecule has 1 aromatic rings. The average Bonchev–Trinajstić information content (AvgIpc) is 2.49. The topological polar surface area (TPSA) is 71.2 Å². The molecule has 1 saturated heterocycles. The maximum absolute atomic E-state index is 12.1. The first-order valence-corrected chi connectivity index (χ1v) is 7.20. The van der Waals surface area contributed by atoms with Crippen LogP contribution in [0.3, 0.4) is 0 Å². The van der Waals surface area contributed by atoms with Crippen LogP contribution in [0.4, 0.5) is 5.82 Å².